The molecule has 5 aliphatic rings. The van der Waals surface area contributed by atoms with E-state index in [0.29, 0.717) is 29.2 Å². The van der Waals surface area contributed by atoms with Crippen molar-refractivity contribution in [2.24, 2.45) is 22.7 Å². The van der Waals surface area contributed by atoms with Crippen molar-refractivity contribution in [1.82, 2.24) is 4.90 Å². The summed E-state index contributed by atoms with van der Waals surface area (Å²) in [6, 6.07) is 7.47. The minimum absolute atomic E-state index is 0.0379. The predicted molar refractivity (Wildman–Crippen MR) is 87.1 cm³/mol. The Kier molecular flexibility index (Phi) is 2.76. The summed E-state index contributed by atoms with van der Waals surface area (Å²) in [6.45, 7) is 0. The van der Waals surface area contributed by atoms with Crippen molar-refractivity contribution in [1.29, 1.82) is 5.26 Å². The molecule has 4 saturated carbocycles. The number of amidine groups is 1. The molecule has 4 fully saturated rings. The number of hydrogen-bond donors (Lipinski definition) is 1. The highest BCUT2D eigenvalue weighted by atomic mass is 16.3. The Balaban J connectivity index is 1.59. The molecule has 0 aromatic heterocycles. The zero-order chi connectivity index (χ0) is 16.5. The Morgan fingerprint density at radius 2 is 1.83 bits per heavy atom. The van der Waals surface area contributed by atoms with Gasteiger partial charge in [-0.2, -0.15) is 10.3 Å². The van der Waals surface area contributed by atoms with Crippen LogP contribution in [-0.2, 0) is 0 Å². The van der Waals surface area contributed by atoms with E-state index in [4.69, 9.17) is 5.26 Å². The molecule has 2 unspecified atom stereocenters. The van der Waals surface area contributed by atoms with E-state index >= 15 is 0 Å². The highest BCUT2D eigenvalue weighted by molar-refractivity contribution is 6.23. The molecule has 0 spiro atoms. The average molecular weight is 321 g/mol. The van der Waals surface area contributed by atoms with E-state index in [-0.39, 0.29) is 11.9 Å². The summed E-state index contributed by atoms with van der Waals surface area (Å²) >= 11 is 0. The standard InChI is InChI=1S/C19H19N3O2/c20-10-21-17-14-3-1-2-4-15(14)18(23)22(17)16-12-5-11-6-13(16)9-19(24,7-11)8-12/h1-4,11-13,16,24H,5-9H2. The number of fused-ring (bicyclic) bond motifs is 1. The fourth-order valence-electron chi connectivity index (χ4n) is 6.03. The number of aliphatic hydroxyl groups is 1. The second-order valence-electron chi connectivity index (χ2n) is 7.94. The largest absolute Gasteiger partial charge is 0.390 e. The van der Waals surface area contributed by atoms with Gasteiger partial charge in [-0.3, -0.25) is 9.69 Å². The second-order valence-corrected chi connectivity index (χ2v) is 7.94. The van der Waals surface area contributed by atoms with E-state index in [1.54, 1.807) is 4.90 Å². The van der Waals surface area contributed by atoms with E-state index in [1.165, 1.54) is 0 Å². The van der Waals surface area contributed by atoms with Crippen LogP contribution in [0.25, 0.3) is 0 Å². The van der Waals surface area contributed by atoms with Gasteiger partial charge in [-0.15, -0.1) is 0 Å². The monoisotopic (exact) mass is 321 g/mol. The van der Waals surface area contributed by atoms with Gasteiger partial charge < -0.3 is 5.11 Å². The molecule has 2 atom stereocenters. The molecule has 1 amide bonds. The van der Waals surface area contributed by atoms with Crippen LogP contribution >= 0.6 is 0 Å². The molecule has 1 aromatic carbocycles. The number of carbonyl (C=O) groups is 1. The topological polar surface area (TPSA) is 76.7 Å². The molecule has 1 heterocycles. The van der Waals surface area contributed by atoms with Crippen LogP contribution in [-0.4, -0.2) is 33.4 Å². The first-order valence-electron chi connectivity index (χ1n) is 8.72. The Bertz CT molecular complexity index is 793. The van der Waals surface area contributed by atoms with Crippen molar-refractivity contribution in [3.63, 3.8) is 0 Å². The molecule has 1 aliphatic heterocycles. The van der Waals surface area contributed by atoms with E-state index in [2.05, 4.69) is 4.99 Å². The quantitative estimate of drug-likeness (QED) is 0.806. The van der Waals surface area contributed by atoms with Crippen molar-refractivity contribution in [2.45, 2.75) is 43.7 Å². The third-order valence-electron chi connectivity index (χ3n) is 6.49. The van der Waals surface area contributed by atoms with E-state index in [0.717, 1.165) is 37.7 Å². The van der Waals surface area contributed by atoms with Crippen molar-refractivity contribution in [3.05, 3.63) is 35.4 Å². The Labute approximate surface area is 140 Å². The summed E-state index contributed by atoms with van der Waals surface area (Å²) in [5.74, 6) is 1.67. The zero-order valence-corrected chi connectivity index (χ0v) is 13.4. The van der Waals surface area contributed by atoms with Crippen LogP contribution in [0.4, 0.5) is 0 Å². The highest BCUT2D eigenvalue weighted by Crippen LogP contribution is 2.57. The lowest BCUT2D eigenvalue weighted by Gasteiger charge is -2.59. The number of rotatable bonds is 1. The van der Waals surface area contributed by atoms with Crippen LogP contribution in [0.2, 0.25) is 0 Å². The minimum atomic E-state index is -0.533. The summed E-state index contributed by atoms with van der Waals surface area (Å²) in [4.78, 5) is 18.9. The molecular formula is C19H19N3O2. The maximum atomic E-state index is 13.1. The zero-order valence-electron chi connectivity index (χ0n) is 13.4. The van der Waals surface area contributed by atoms with Crippen LogP contribution in [0.1, 0.15) is 48.0 Å². The van der Waals surface area contributed by atoms with Gasteiger partial charge in [0, 0.05) is 11.6 Å². The second kappa shape index (κ2) is 4.67. The molecule has 6 rings (SSSR count). The van der Waals surface area contributed by atoms with Crippen molar-refractivity contribution < 1.29 is 9.90 Å². The van der Waals surface area contributed by atoms with Gasteiger partial charge in [0.1, 0.15) is 0 Å². The smallest absolute Gasteiger partial charge is 0.260 e. The molecule has 1 N–H and O–H groups in total. The normalized spacial score (nSPS) is 40.9. The molecule has 5 heteroatoms. The summed E-state index contributed by atoms with van der Waals surface area (Å²) in [5, 5.41) is 19.9. The maximum Gasteiger partial charge on any atom is 0.260 e. The first kappa shape index (κ1) is 14.2. The maximum absolute atomic E-state index is 13.1. The summed E-state index contributed by atoms with van der Waals surface area (Å²) in [7, 11) is 0. The number of carbonyl (C=O) groups excluding carboxylic acids is 1. The van der Waals surface area contributed by atoms with Crippen LogP contribution in [0.5, 0.6) is 0 Å². The van der Waals surface area contributed by atoms with Gasteiger partial charge in [0.2, 0.25) is 6.19 Å². The van der Waals surface area contributed by atoms with E-state index in [1.807, 2.05) is 30.5 Å². The fourth-order valence-corrected chi connectivity index (χ4v) is 6.03. The predicted octanol–water partition coefficient (Wildman–Crippen LogP) is 2.31. The summed E-state index contributed by atoms with van der Waals surface area (Å²) in [5.41, 5.74) is 0.866. The molecule has 0 saturated heterocycles. The Morgan fingerprint density at radius 1 is 1.17 bits per heavy atom. The SMILES string of the molecule is N#CN=C1c2ccccc2C(=O)N1C1C2CC3CC1CC(O)(C3)C2. The van der Waals surface area contributed by atoms with Gasteiger partial charge in [-0.25, -0.2) is 0 Å². The van der Waals surface area contributed by atoms with Crippen LogP contribution in [0, 0.1) is 29.2 Å². The number of nitrogens with zero attached hydrogens (tertiary/aromatic N) is 3. The van der Waals surface area contributed by atoms with Gasteiger partial charge in [0.05, 0.1) is 11.2 Å². The van der Waals surface area contributed by atoms with Crippen LogP contribution < -0.4 is 0 Å². The fraction of sp³-hybridized carbons (Fsp3) is 0.526. The number of aliphatic imine (C=N–C) groups is 1. The lowest BCUT2D eigenvalue weighted by molar-refractivity contribution is -0.147. The Hall–Kier alpha value is -2.19. The first-order chi connectivity index (χ1) is 11.6. The molecule has 0 radical (unpaired) electrons. The molecule has 5 nitrogen and oxygen atoms in total. The number of nitriles is 1. The lowest BCUT2D eigenvalue weighted by atomic mass is 9.52. The lowest BCUT2D eigenvalue weighted by Crippen LogP contribution is -2.62. The number of amides is 1. The molecule has 1 aromatic rings. The summed E-state index contributed by atoms with van der Waals surface area (Å²) in [6.07, 6.45) is 6.47. The third-order valence-corrected chi connectivity index (χ3v) is 6.49. The van der Waals surface area contributed by atoms with Crippen molar-refractivity contribution in [3.8, 4) is 6.19 Å². The minimum Gasteiger partial charge on any atom is -0.390 e. The summed E-state index contributed by atoms with van der Waals surface area (Å²) < 4.78 is 0. The average Bonchev–Trinajstić information content (AvgIpc) is 2.80. The highest BCUT2D eigenvalue weighted by Gasteiger charge is 2.58. The number of benzene rings is 1. The molecule has 24 heavy (non-hydrogen) atoms. The molecular weight excluding hydrogens is 302 g/mol. The van der Waals surface area contributed by atoms with Crippen molar-refractivity contribution >= 4 is 11.7 Å². The van der Waals surface area contributed by atoms with E-state index in [9.17, 15) is 9.90 Å². The first-order valence-corrected chi connectivity index (χ1v) is 8.72. The van der Waals surface area contributed by atoms with Gasteiger partial charge in [-0.05, 0) is 55.9 Å². The van der Waals surface area contributed by atoms with E-state index < -0.39 is 5.60 Å². The molecule has 122 valence electrons. The molecule has 4 aliphatic carbocycles. The van der Waals surface area contributed by atoms with Gasteiger partial charge in [0.15, 0.2) is 5.84 Å². The van der Waals surface area contributed by atoms with Gasteiger partial charge in [0.25, 0.3) is 5.91 Å². The van der Waals surface area contributed by atoms with Gasteiger partial charge >= 0.3 is 0 Å². The Morgan fingerprint density at radius 3 is 2.46 bits per heavy atom. The van der Waals surface area contributed by atoms with Gasteiger partial charge in [-0.1, -0.05) is 18.2 Å². The number of hydrogen-bond acceptors (Lipinski definition) is 4. The van der Waals surface area contributed by atoms with Crippen molar-refractivity contribution in [2.75, 3.05) is 0 Å². The van der Waals surface area contributed by atoms with Crippen LogP contribution in [0.15, 0.2) is 29.3 Å². The molecule has 4 bridgehead atoms. The van der Waals surface area contributed by atoms with Crippen LogP contribution in [0.3, 0.4) is 0 Å². The third kappa shape index (κ3) is 1.78.